The number of Topliss-reactive ketones (excluding diaryl/α,β-unsaturated/α-hetero) is 1. The summed E-state index contributed by atoms with van der Waals surface area (Å²) in [5.41, 5.74) is 1.33. The second-order valence-corrected chi connectivity index (χ2v) is 3.90. The zero-order valence-electron chi connectivity index (χ0n) is 9.08. The van der Waals surface area contributed by atoms with Gasteiger partial charge in [0, 0.05) is 30.9 Å². The van der Waals surface area contributed by atoms with Crippen molar-refractivity contribution in [2.24, 2.45) is 0 Å². The molecule has 0 spiro atoms. The molecule has 1 heterocycles. The molecule has 0 N–H and O–H groups in total. The number of para-hydroxylation sites is 1. The number of hydrogen-bond acceptors (Lipinski definition) is 2. The molecule has 90 valence electrons. The minimum Gasteiger partial charge on any atom is -0.350 e. The van der Waals surface area contributed by atoms with Gasteiger partial charge >= 0.3 is 6.18 Å². The van der Waals surface area contributed by atoms with Crippen molar-refractivity contribution in [1.82, 2.24) is 0 Å². The van der Waals surface area contributed by atoms with Crippen molar-refractivity contribution < 1.29 is 18.0 Å². The average molecular weight is 241 g/mol. The molecule has 0 atom stereocenters. The Balaban J connectivity index is 2.35. The van der Waals surface area contributed by atoms with E-state index in [1.807, 2.05) is 0 Å². The number of benzene rings is 1. The maximum atomic E-state index is 12.3. The molecule has 0 unspecified atom stereocenters. The maximum absolute atomic E-state index is 12.3. The Morgan fingerprint density at radius 1 is 1.29 bits per heavy atom. The molecule has 0 radical (unpaired) electrons. The van der Waals surface area contributed by atoms with Crippen molar-refractivity contribution in [2.45, 2.75) is 12.6 Å². The van der Waals surface area contributed by atoms with Crippen LogP contribution < -0.4 is 4.90 Å². The summed E-state index contributed by atoms with van der Waals surface area (Å²) in [7, 11) is 1.63. The van der Waals surface area contributed by atoms with Crippen LogP contribution in [0.4, 0.5) is 18.9 Å². The molecule has 5 heteroatoms. The van der Waals surface area contributed by atoms with Gasteiger partial charge in [-0.15, -0.1) is 0 Å². The van der Waals surface area contributed by atoms with Crippen LogP contribution in [0.5, 0.6) is 0 Å². The number of halogens is 3. The van der Waals surface area contributed by atoms with Crippen LogP contribution in [0.1, 0.15) is 5.56 Å². The third-order valence-electron chi connectivity index (χ3n) is 2.65. The molecular weight excluding hydrogens is 231 g/mol. The number of carbonyl (C=O) groups is 1. The van der Waals surface area contributed by atoms with Crippen molar-refractivity contribution in [2.75, 3.05) is 11.9 Å². The van der Waals surface area contributed by atoms with Crippen LogP contribution in [-0.2, 0) is 11.2 Å². The minimum atomic E-state index is -4.81. The number of carbonyl (C=O) groups excluding carboxylic acids is 1. The Bertz CT molecular complexity index is 491. The third kappa shape index (κ3) is 2.18. The molecule has 0 bridgehead atoms. The smallest absolute Gasteiger partial charge is 0.350 e. The first-order valence-corrected chi connectivity index (χ1v) is 5.02. The Kier molecular flexibility index (Phi) is 2.69. The van der Waals surface area contributed by atoms with Crippen LogP contribution >= 0.6 is 0 Å². The lowest BCUT2D eigenvalue weighted by molar-refractivity contribution is -0.166. The fourth-order valence-corrected chi connectivity index (χ4v) is 1.88. The van der Waals surface area contributed by atoms with Crippen molar-refractivity contribution >= 4 is 11.5 Å². The lowest BCUT2D eigenvalue weighted by Crippen LogP contribution is -2.29. The molecule has 0 fully saturated rings. The van der Waals surface area contributed by atoms with Crippen molar-refractivity contribution in [3.8, 4) is 0 Å². The zero-order valence-corrected chi connectivity index (χ0v) is 9.08. The number of ketones is 1. The standard InChI is InChI=1S/C12H10F3NO/c1-16-7-9(11(17)12(13,14)15)6-8-4-2-3-5-10(8)16/h2-5,7H,6H2,1H3. The highest BCUT2D eigenvalue weighted by Crippen LogP contribution is 2.31. The van der Waals surface area contributed by atoms with Gasteiger partial charge in [-0.05, 0) is 11.6 Å². The molecule has 1 aromatic carbocycles. The molecule has 0 saturated heterocycles. The predicted molar refractivity (Wildman–Crippen MR) is 57.7 cm³/mol. The summed E-state index contributed by atoms with van der Waals surface area (Å²) in [5, 5.41) is 0. The molecular formula is C12H10F3NO. The van der Waals surface area contributed by atoms with Crippen molar-refractivity contribution in [1.29, 1.82) is 0 Å². The van der Waals surface area contributed by atoms with Crippen LogP contribution in [0.25, 0.3) is 0 Å². The van der Waals surface area contributed by atoms with Crippen molar-refractivity contribution in [3.63, 3.8) is 0 Å². The maximum Gasteiger partial charge on any atom is 0.454 e. The summed E-state index contributed by atoms with van der Waals surface area (Å²) in [5.74, 6) is -1.76. The number of alkyl halides is 3. The number of nitrogens with zero attached hydrogens (tertiary/aromatic N) is 1. The van der Waals surface area contributed by atoms with Crippen LogP contribution in [0, 0.1) is 0 Å². The van der Waals surface area contributed by atoms with Gasteiger partial charge < -0.3 is 4.90 Å². The van der Waals surface area contributed by atoms with Gasteiger partial charge in [0.15, 0.2) is 0 Å². The normalized spacial score (nSPS) is 15.3. The van der Waals surface area contributed by atoms with Crippen LogP contribution in [0.3, 0.4) is 0 Å². The van der Waals surface area contributed by atoms with Gasteiger partial charge in [-0.2, -0.15) is 13.2 Å². The van der Waals surface area contributed by atoms with Crippen molar-refractivity contribution in [3.05, 3.63) is 41.6 Å². The second kappa shape index (κ2) is 3.91. The molecule has 1 aliphatic heterocycles. The van der Waals surface area contributed by atoms with Gasteiger partial charge in [0.05, 0.1) is 0 Å². The molecule has 0 amide bonds. The topological polar surface area (TPSA) is 20.3 Å². The highest BCUT2D eigenvalue weighted by Gasteiger charge is 2.41. The van der Waals surface area contributed by atoms with Gasteiger partial charge in [0.2, 0.25) is 0 Å². The summed E-state index contributed by atoms with van der Waals surface area (Å²) in [4.78, 5) is 12.7. The Hall–Kier alpha value is -1.78. The van der Waals surface area contributed by atoms with Gasteiger partial charge in [-0.1, -0.05) is 18.2 Å². The van der Waals surface area contributed by atoms with E-state index in [-0.39, 0.29) is 12.0 Å². The first-order chi connectivity index (χ1) is 7.89. The predicted octanol–water partition coefficient (Wildman–Crippen LogP) is 2.69. The highest BCUT2D eigenvalue weighted by molar-refractivity contribution is 6.01. The summed E-state index contributed by atoms with van der Waals surface area (Å²) in [6, 6.07) is 7.08. The van der Waals surface area contributed by atoms with E-state index in [2.05, 4.69) is 0 Å². The van der Waals surface area contributed by atoms with E-state index in [0.29, 0.717) is 0 Å². The van der Waals surface area contributed by atoms with E-state index in [0.717, 1.165) is 11.3 Å². The van der Waals surface area contributed by atoms with Gasteiger partial charge in [-0.25, -0.2) is 0 Å². The molecule has 1 aromatic rings. The molecule has 2 nitrogen and oxygen atoms in total. The third-order valence-corrected chi connectivity index (χ3v) is 2.65. The Morgan fingerprint density at radius 2 is 1.94 bits per heavy atom. The molecule has 17 heavy (non-hydrogen) atoms. The van der Waals surface area contributed by atoms with E-state index in [4.69, 9.17) is 0 Å². The molecule has 0 aromatic heterocycles. The summed E-state index contributed by atoms with van der Waals surface area (Å²) < 4.78 is 37.0. The largest absolute Gasteiger partial charge is 0.454 e. The van der Waals surface area contributed by atoms with Crippen LogP contribution in [0.15, 0.2) is 36.0 Å². The lowest BCUT2D eigenvalue weighted by atomic mass is 9.97. The molecule has 0 saturated carbocycles. The fourth-order valence-electron chi connectivity index (χ4n) is 1.88. The number of anilines is 1. The van der Waals surface area contributed by atoms with Crippen LogP contribution in [-0.4, -0.2) is 19.0 Å². The second-order valence-electron chi connectivity index (χ2n) is 3.90. The summed E-state index contributed by atoms with van der Waals surface area (Å²) >= 11 is 0. The number of allylic oxidation sites excluding steroid dienone is 1. The van der Waals surface area contributed by atoms with E-state index in [1.54, 1.807) is 31.3 Å². The van der Waals surface area contributed by atoms with E-state index in [1.165, 1.54) is 11.1 Å². The molecule has 0 aliphatic carbocycles. The fraction of sp³-hybridized carbons (Fsp3) is 0.250. The lowest BCUT2D eigenvalue weighted by Gasteiger charge is -2.25. The summed E-state index contributed by atoms with van der Waals surface area (Å²) in [6.45, 7) is 0. The Morgan fingerprint density at radius 3 is 2.59 bits per heavy atom. The number of fused-ring (bicyclic) bond motifs is 1. The van der Waals surface area contributed by atoms with Gasteiger partial charge in [0.1, 0.15) is 0 Å². The number of rotatable bonds is 1. The quantitative estimate of drug-likeness (QED) is 0.753. The number of hydrogen-bond donors (Lipinski definition) is 0. The molecule has 2 rings (SSSR count). The highest BCUT2D eigenvalue weighted by atomic mass is 19.4. The monoisotopic (exact) mass is 241 g/mol. The minimum absolute atomic E-state index is 0.0266. The van der Waals surface area contributed by atoms with Crippen LogP contribution in [0.2, 0.25) is 0 Å². The SMILES string of the molecule is CN1C=C(C(=O)C(F)(F)F)Cc2ccccc21. The first-order valence-electron chi connectivity index (χ1n) is 5.02. The average Bonchev–Trinajstić information content (AvgIpc) is 2.27. The Labute approximate surface area is 96.3 Å². The van der Waals surface area contributed by atoms with E-state index in [9.17, 15) is 18.0 Å². The zero-order chi connectivity index (χ0) is 12.6. The summed E-state index contributed by atoms with van der Waals surface area (Å²) in [6.07, 6.45) is -3.53. The van der Waals surface area contributed by atoms with Gasteiger partial charge in [0.25, 0.3) is 5.78 Å². The first kappa shape index (κ1) is 11.7. The molecule has 1 aliphatic rings. The van der Waals surface area contributed by atoms with E-state index >= 15 is 0 Å². The van der Waals surface area contributed by atoms with Gasteiger partial charge in [-0.3, -0.25) is 4.79 Å². The van der Waals surface area contributed by atoms with E-state index < -0.39 is 12.0 Å².